The molecule has 1 rings (SSSR count). The molecule has 0 fully saturated rings. The third-order valence-electron chi connectivity index (χ3n) is 1.27. The van der Waals surface area contributed by atoms with E-state index in [-0.39, 0.29) is 28.3 Å². The minimum atomic E-state index is -1.28. The maximum Gasteiger partial charge on any atom is 0.361 e. The van der Waals surface area contributed by atoms with Crippen molar-refractivity contribution in [3.63, 3.8) is 0 Å². The monoisotopic (exact) mass is 232 g/mol. The maximum atomic E-state index is 10.7. The number of nitrogen functional groups attached to an aromatic ring is 1. The molecule has 0 aromatic carbocycles. The van der Waals surface area contributed by atoms with Gasteiger partial charge in [0.15, 0.2) is 5.82 Å². The number of nitrogens with zero attached hydrogens (tertiary/aromatic N) is 3. The lowest BCUT2D eigenvalue weighted by atomic mass is 10.3. The zero-order valence-corrected chi connectivity index (χ0v) is 8.34. The second-order valence-electron chi connectivity index (χ2n) is 2.23. The summed E-state index contributed by atoms with van der Waals surface area (Å²) in [6.45, 7) is 0. The van der Waals surface area contributed by atoms with Crippen LogP contribution in [0.3, 0.4) is 0 Å². The summed E-state index contributed by atoms with van der Waals surface area (Å²) >= 11 is 0. The molecule has 0 radical (unpaired) electrons. The van der Waals surface area contributed by atoms with E-state index < -0.39 is 5.97 Å². The highest BCUT2D eigenvalue weighted by Gasteiger charge is 2.16. The number of carboxylic acid groups (broad SMARTS) is 1. The average molecular weight is 232 g/mol. The molecule has 0 atom stereocenters. The highest BCUT2D eigenvalue weighted by Crippen LogP contribution is 1.99. The van der Waals surface area contributed by atoms with Crippen LogP contribution in [-0.2, 0) is 9.63 Å². The molecule has 1 heterocycles. The molecule has 1 aromatic heterocycles. The average Bonchev–Trinajstić information content (AvgIpc) is 2.13. The molecule has 90 valence electrons. The van der Waals surface area contributed by atoms with Crippen molar-refractivity contribution in [3.05, 3.63) is 18.1 Å². The Hall–Kier alpha value is -2.26. The second-order valence-corrected chi connectivity index (χ2v) is 2.23. The van der Waals surface area contributed by atoms with Gasteiger partial charge in [-0.25, -0.2) is 14.8 Å². The molecule has 9 nitrogen and oxygen atoms in total. The summed E-state index contributed by atoms with van der Waals surface area (Å²) in [7, 11) is 1.23. The van der Waals surface area contributed by atoms with Gasteiger partial charge in [-0.15, -0.1) is 0 Å². The van der Waals surface area contributed by atoms with Crippen LogP contribution in [0.25, 0.3) is 0 Å². The van der Waals surface area contributed by atoms with Crippen LogP contribution in [0.4, 0.5) is 5.82 Å². The number of aliphatic carboxylic acids is 1. The Labute approximate surface area is 90.2 Å². The van der Waals surface area contributed by atoms with E-state index in [9.17, 15) is 4.79 Å². The van der Waals surface area contributed by atoms with E-state index in [1.807, 2.05) is 0 Å². The summed E-state index contributed by atoms with van der Waals surface area (Å²) in [5.74, 6) is -1.20. The van der Waals surface area contributed by atoms with Crippen LogP contribution >= 0.6 is 0 Å². The van der Waals surface area contributed by atoms with Gasteiger partial charge in [-0.1, -0.05) is 5.16 Å². The van der Waals surface area contributed by atoms with Gasteiger partial charge in [-0.2, -0.15) is 0 Å². The zero-order chi connectivity index (χ0) is 10.6. The van der Waals surface area contributed by atoms with Crippen LogP contribution in [0.2, 0.25) is 0 Å². The lowest BCUT2D eigenvalue weighted by molar-refractivity contribution is -0.129. The second kappa shape index (κ2) is 7.09. The quantitative estimate of drug-likeness (QED) is 0.443. The maximum absolute atomic E-state index is 10.7. The van der Waals surface area contributed by atoms with E-state index in [1.165, 1.54) is 19.4 Å². The van der Waals surface area contributed by atoms with Crippen LogP contribution in [0, 0.1) is 0 Å². The molecule has 7 N–H and O–H groups in total. The highest BCUT2D eigenvalue weighted by molar-refractivity contribution is 6.41. The molecule has 1 aromatic rings. The first-order chi connectivity index (χ1) is 6.65. The molecule has 0 amide bonds. The van der Waals surface area contributed by atoms with Crippen LogP contribution in [0.15, 0.2) is 17.4 Å². The molecule has 9 heteroatoms. The van der Waals surface area contributed by atoms with Crippen molar-refractivity contribution in [3.8, 4) is 0 Å². The van der Waals surface area contributed by atoms with Crippen LogP contribution in [0.5, 0.6) is 0 Å². The summed E-state index contributed by atoms with van der Waals surface area (Å²) in [5, 5.41) is 12.0. The summed E-state index contributed by atoms with van der Waals surface area (Å²) in [6.07, 6.45) is 1.34. The molecule has 0 unspecified atom stereocenters. The van der Waals surface area contributed by atoms with Crippen LogP contribution < -0.4 is 5.73 Å². The van der Waals surface area contributed by atoms with E-state index in [2.05, 4.69) is 20.0 Å². The number of oxime groups is 1. The smallest absolute Gasteiger partial charge is 0.361 e. The Balaban J connectivity index is 0. The number of hydrogen-bond donors (Lipinski definition) is 2. The number of carbonyl (C=O) groups is 1. The SMILES string of the molecule is CO/N=C(/C(=O)O)c1nccc(N)n1.O.O. The minimum absolute atomic E-state index is 0. The number of aromatic nitrogens is 2. The van der Waals surface area contributed by atoms with E-state index in [1.54, 1.807) is 0 Å². The fraction of sp³-hybridized carbons (Fsp3) is 0.143. The number of hydrogen-bond acceptors (Lipinski definition) is 6. The largest absolute Gasteiger partial charge is 0.476 e. The summed E-state index contributed by atoms with van der Waals surface area (Å²) in [5.41, 5.74) is 4.96. The molecular weight excluding hydrogens is 220 g/mol. The molecule has 0 aliphatic carbocycles. The van der Waals surface area contributed by atoms with Gasteiger partial charge in [0.05, 0.1) is 0 Å². The van der Waals surface area contributed by atoms with Gasteiger partial charge in [0.2, 0.25) is 5.71 Å². The predicted octanol–water partition coefficient (Wildman–Crippen LogP) is -2.16. The van der Waals surface area contributed by atoms with Gasteiger partial charge in [-0.05, 0) is 6.07 Å². The van der Waals surface area contributed by atoms with Crippen molar-refractivity contribution in [1.82, 2.24) is 9.97 Å². The van der Waals surface area contributed by atoms with Crippen LogP contribution in [-0.4, -0.2) is 44.8 Å². The molecule has 0 saturated heterocycles. The van der Waals surface area contributed by atoms with E-state index in [0.29, 0.717) is 0 Å². The van der Waals surface area contributed by atoms with Crippen molar-refractivity contribution >= 4 is 17.5 Å². The van der Waals surface area contributed by atoms with Gasteiger partial charge >= 0.3 is 5.97 Å². The lowest BCUT2D eigenvalue weighted by Gasteiger charge is -1.99. The van der Waals surface area contributed by atoms with E-state index in [4.69, 9.17) is 10.8 Å². The van der Waals surface area contributed by atoms with Crippen LogP contribution in [0.1, 0.15) is 5.82 Å². The Bertz CT molecular complexity index is 381. The van der Waals surface area contributed by atoms with Crippen molar-refractivity contribution in [1.29, 1.82) is 0 Å². The van der Waals surface area contributed by atoms with Crippen molar-refractivity contribution < 1.29 is 25.7 Å². The Morgan fingerprint density at radius 1 is 1.56 bits per heavy atom. The van der Waals surface area contributed by atoms with Gasteiger partial charge < -0.3 is 26.6 Å². The predicted molar refractivity (Wildman–Crippen MR) is 54.9 cm³/mol. The standard InChI is InChI=1S/C7H8N4O3.2H2O/c1-14-11-5(7(12)13)6-9-3-2-4(8)10-6;;/h2-3H,1H3,(H,12,13)(H2,8,9,10);2*1H2/b11-5+;;. The Morgan fingerprint density at radius 2 is 2.19 bits per heavy atom. The first-order valence-corrected chi connectivity index (χ1v) is 3.58. The van der Waals surface area contributed by atoms with E-state index >= 15 is 0 Å². The normalized spacial score (nSPS) is 9.69. The van der Waals surface area contributed by atoms with Gasteiger partial charge in [0.1, 0.15) is 12.9 Å². The molecule has 0 aliphatic heterocycles. The fourth-order valence-electron chi connectivity index (χ4n) is 0.754. The number of anilines is 1. The summed E-state index contributed by atoms with van der Waals surface area (Å²) in [6, 6.07) is 1.44. The molecule has 0 bridgehead atoms. The minimum Gasteiger partial charge on any atom is -0.476 e. The van der Waals surface area contributed by atoms with Crippen molar-refractivity contribution in [2.24, 2.45) is 5.16 Å². The fourth-order valence-corrected chi connectivity index (χ4v) is 0.754. The highest BCUT2D eigenvalue weighted by atomic mass is 16.6. The van der Waals surface area contributed by atoms with Crippen molar-refractivity contribution in [2.75, 3.05) is 12.8 Å². The first kappa shape index (κ1) is 16.2. The van der Waals surface area contributed by atoms with Crippen molar-refractivity contribution in [2.45, 2.75) is 0 Å². The number of nitrogens with two attached hydrogens (primary N) is 1. The zero-order valence-electron chi connectivity index (χ0n) is 8.34. The number of carboxylic acids is 1. The molecule has 0 saturated carbocycles. The topological polar surface area (TPSA) is 174 Å². The number of rotatable bonds is 3. The third-order valence-corrected chi connectivity index (χ3v) is 1.27. The van der Waals surface area contributed by atoms with E-state index in [0.717, 1.165) is 0 Å². The van der Waals surface area contributed by atoms with Gasteiger partial charge in [0.25, 0.3) is 0 Å². The van der Waals surface area contributed by atoms with Gasteiger partial charge in [-0.3, -0.25) is 0 Å². The first-order valence-electron chi connectivity index (χ1n) is 3.58. The summed E-state index contributed by atoms with van der Waals surface area (Å²) < 4.78 is 0. The molecule has 0 spiro atoms. The third kappa shape index (κ3) is 3.86. The molecule has 0 aliphatic rings. The summed E-state index contributed by atoms with van der Waals surface area (Å²) in [4.78, 5) is 22.4. The molecule has 16 heavy (non-hydrogen) atoms. The Morgan fingerprint density at radius 3 is 2.62 bits per heavy atom. The molecular formula is C7H12N4O5. The Kier molecular flexibility index (Phi) is 7.17. The lowest BCUT2D eigenvalue weighted by Crippen LogP contribution is -2.18. The van der Waals surface area contributed by atoms with Gasteiger partial charge in [0, 0.05) is 6.20 Å².